The summed E-state index contributed by atoms with van der Waals surface area (Å²) >= 11 is 0. The lowest BCUT2D eigenvalue weighted by Crippen LogP contribution is -2.36. The Bertz CT molecular complexity index is 691. The van der Waals surface area contributed by atoms with Crippen LogP contribution in [0, 0.1) is 5.41 Å². The molecular formula is C17H19O5P. The molecule has 1 heterocycles. The number of aromatic hydroxyl groups is 1. The highest BCUT2D eigenvalue weighted by Gasteiger charge is 2.44. The second-order valence-electron chi connectivity index (χ2n) is 6.26. The van der Waals surface area contributed by atoms with Crippen molar-refractivity contribution >= 4 is 8.17 Å². The molecule has 1 fully saturated rings. The van der Waals surface area contributed by atoms with Gasteiger partial charge in [0.25, 0.3) is 0 Å². The first-order valence-corrected chi connectivity index (χ1v) is 8.81. The van der Waals surface area contributed by atoms with E-state index in [0.717, 1.165) is 0 Å². The quantitative estimate of drug-likeness (QED) is 0.869. The van der Waals surface area contributed by atoms with Gasteiger partial charge in [-0.15, -0.1) is 0 Å². The molecule has 6 heteroatoms. The topological polar surface area (TPSA) is 71.0 Å². The lowest BCUT2D eigenvalue weighted by atomic mass is 9.97. The molecule has 1 N–H and O–H groups in total. The van der Waals surface area contributed by atoms with Crippen LogP contribution in [0.25, 0.3) is 11.1 Å². The largest absolute Gasteiger partial charge is 0.598 e. The minimum Gasteiger partial charge on any atom is -0.598 e. The number of para-hydroxylation sites is 2. The molecule has 0 unspecified atom stereocenters. The van der Waals surface area contributed by atoms with Crippen molar-refractivity contribution in [3.8, 4) is 22.6 Å². The van der Waals surface area contributed by atoms with Gasteiger partial charge in [0.2, 0.25) is 0 Å². The molecule has 1 aliphatic heterocycles. The fourth-order valence-electron chi connectivity index (χ4n) is 2.23. The average molecular weight is 334 g/mol. The van der Waals surface area contributed by atoms with Crippen molar-refractivity contribution in [1.82, 2.24) is 0 Å². The van der Waals surface area contributed by atoms with Gasteiger partial charge >= 0.3 is 8.17 Å². The van der Waals surface area contributed by atoms with E-state index in [1.165, 1.54) is 0 Å². The molecule has 0 aliphatic carbocycles. The normalized spacial score (nSPS) is 19.3. The van der Waals surface area contributed by atoms with Gasteiger partial charge in [0.15, 0.2) is 5.75 Å². The zero-order chi connectivity index (χ0) is 16.5. The van der Waals surface area contributed by atoms with Gasteiger partial charge in [-0.2, -0.15) is 9.05 Å². The molecule has 0 amide bonds. The number of hydrogen-bond acceptors (Lipinski definition) is 5. The lowest BCUT2D eigenvalue weighted by molar-refractivity contribution is -0.253. The van der Waals surface area contributed by atoms with E-state index in [4.69, 9.17) is 13.6 Å². The summed E-state index contributed by atoms with van der Waals surface area (Å²) in [6.07, 6.45) is 0. The Morgan fingerprint density at radius 2 is 1.57 bits per heavy atom. The molecule has 3 rings (SSSR count). The molecule has 0 aromatic heterocycles. The van der Waals surface area contributed by atoms with Crippen molar-refractivity contribution in [2.75, 3.05) is 13.2 Å². The zero-order valence-electron chi connectivity index (χ0n) is 13.1. The molecule has 122 valence electrons. The van der Waals surface area contributed by atoms with Crippen molar-refractivity contribution in [2.24, 2.45) is 5.41 Å². The first kappa shape index (κ1) is 16.2. The van der Waals surface area contributed by atoms with Gasteiger partial charge in [0, 0.05) is 16.5 Å². The Hall–Kier alpha value is -1.65. The molecule has 0 bridgehead atoms. The van der Waals surface area contributed by atoms with Gasteiger partial charge in [-0.05, 0) is 12.1 Å². The highest BCUT2D eigenvalue weighted by molar-refractivity contribution is 7.54. The van der Waals surface area contributed by atoms with Gasteiger partial charge in [-0.3, -0.25) is 4.52 Å². The van der Waals surface area contributed by atoms with E-state index >= 15 is 0 Å². The number of phenols is 1. The van der Waals surface area contributed by atoms with Crippen LogP contribution in [0.2, 0.25) is 0 Å². The van der Waals surface area contributed by atoms with Gasteiger partial charge in [-0.25, -0.2) is 0 Å². The average Bonchev–Trinajstić information content (AvgIpc) is 2.52. The van der Waals surface area contributed by atoms with Gasteiger partial charge < -0.3 is 10.00 Å². The molecule has 2 aromatic rings. The van der Waals surface area contributed by atoms with E-state index in [-0.39, 0.29) is 11.2 Å². The van der Waals surface area contributed by atoms with Crippen LogP contribution in [0.1, 0.15) is 13.8 Å². The van der Waals surface area contributed by atoms with E-state index < -0.39 is 8.17 Å². The van der Waals surface area contributed by atoms with E-state index in [1.807, 2.05) is 26.0 Å². The van der Waals surface area contributed by atoms with Crippen LogP contribution in [0.5, 0.6) is 11.5 Å². The maximum Gasteiger partial charge on any atom is 0.429 e. The van der Waals surface area contributed by atoms with Crippen LogP contribution in [0.15, 0.2) is 48.5 Å². The first-order valence-electron chi connectivity index (χ1n) is 7.35. The second-order valence-corrected chi connectivity index (χ2v) is 7.86. The minimum atomic E-state index is -3.66. The van der Waals surface area contributed by atoms with Crippen LogP contribution in [-0.2, 0) is 9.05 Å². The summed E-state index contributed by atoms with van der Waals surface area (Å²) in [5.74, 6) is 0.463. The van der Waals surface area contributed by atoms with Crippen LogP contribution in [-0.4, -0.2) is 18.3 Å². The Balaban J connectivity index is 1.89. The Kier molecular flexibility index (Phi) is 4.30. The molecule has 1 saturated heterocycles. The van der Waals surface area contributed by atoms with Crippen LogP contribution in [0.3, 0.4) is 0 Å². The summed E-state index contributed by atoms with van der Waals surface area (Å²) in [6, 6.07) is 13.9. The van der Waals surface area contributed by atoms with E-state index in [0.29, 0.717) is 30.1 Å². The number of benzene rings is 2. The summed E-state index contributed by atoms with van der Waals surface area (Å²) < 4.78 is 16.3. The lowest BCUT2D eigenvalue weighted by Gasteiger charge is -2.35. The third-order valence-corrected chi connectivity index (χ3v) is 4.83. The Labute approximate surface area is 136 Å². The predicted octanol–water partition coefficient (Wildman–Crippen LogP) is 3.55. The second kappa shape index (κ2) is 6.10. The molecule has 2 aromatic carbocycles. The summed E-state index contributed by atoms with van der Waals surface area (Å²) in [4.78, 5) is 12.6. The first-order chi connectivity index (χ1) is 10.9. The van der Waals surface area contributed by atoms with Gasteiger partial charge in [-0.1, -0.05) is 50.2 Å². The summed E-state index contributed by atoms with van der Waals surface area (Å²) in [5.41, 5.74) is 1.01. The van der Waals surface area contributed by atoms with Gasteiger partial charge in [0.1, 0.15) is 19.0 Å². The molecule has 0 radical (unpaired) electrons. The van der Waals surface area contributed by atoms with Crippen molar-refractivity contribution in [1.29, 1.82) is 0 Å². The predicted molar refractivity (Wildman–Crippen MR) is 86.8 cm³/mol. The van der Waals surface area contributed by atoms with Crippen LogP contribution in [0.4, 0.5) is 0 Å². The van der Waals surface area contributed by atoms with Crippen molar-refractivity contribution < 1.29 is 23.6 Å². The van der Waals surface area contributed by atoms with E-state index in [9.17, 15) is 10.00 Å². The third kappa shape index (κ3) is 3.65. The van der Waals surface area contributed by atoms with Crippen molar-refractivity contribution in [3.63, 3.8) is 0 Å². The molecule has 0 saturated carbocycles. The summed E-state index contributed by atoms with van der Waals surface area (Å²) in [7, 11) is -3.66. The highest BCUT2D eigenvalue weighted by Crippen LogP contribution is 2.58. The minimum absolute atomic E-state index is 0.119. The third-order valence-electron chi connectivity index (χ3n) is 3.52. The van der Waals surface area contributed by atoms with Gasteiger partial charge in [0.05, 0.1) is 0 Å². The monoisotopic (exact) mass is 334 g/mol. The molecule has 1 aliphatic rings. The van der Waals surface area contributed by atoms with Crippen LogP contribution < -0.4 is 9.42 Å². The molecule has 5 nitrogen and oxygen atoms in total. The number of rotatable bonds is 3. The van der Waals surface area contributed by atoms with E-state index in [2.05, 4.69) is 0 Å². The smallest absolute Gasteiger partial charge is 0.429 e. The maximum atomic E-state index is 12.6. The maximum absolute atomic E-state index is 12.6. The summed E-state index contributed by atoms with van der Waals surface area (Å²) in [6.45, 7) is 4.52. The fraction of sp³-hybridized carbons (Fsp3) is 0.294. The Morgan fingerprint density at radius 3 is 2.22 bits per heavy atom. The number of hydrogen-bond donors (Lipinski definition) is 1. The van der Waals surface area contributed by atoms with Crippen LogP contribution >= 0.6 is 8.17 Å². The molecular weight excluding hydrogens is 315 g/mol. The molecule has 0 atom stereocenters. The van der Waals surface area contributed by atoms with Crippen molar-refractivity contribution in [3.05, 3.63) is 48.5 Å². The molecule has 23 heavy (non-hydrogen) atoms. The SMILES string of the molecule is CC1(C)CO[P+]([O-])(Oc2ccccc2-c2ccccc2O)OC1. The fourth-order valence-corrected chi connectivity index (χ4v) is 3.83. The number of phosphoric acid groups is 1. The summed E-state index contributed by atoms with van der Waals surface area (Å²) in [5, 5.41) is 10.0. The highest BCUT2D eigenvalue weighted by atomic mass is 31.2. The molecule has 0 spiro atoms. The van der Waals surface area contributed by atoms with Crippen molar-refractivity contribution in [2.45, 2.75) is 13.8 Å². The standard InChI is InChI=1S/C17H19O5P/c1-17(2)11-20-23(19,21-12-17)22-16-10-6-4-8-14(16)13-7-3-5-9-15(13)18/h3-10,18H,11-12H2,1-2H3. The number of phosphoric ester groups is 1. The van der Waals surface area contributed by atoms with E-state index in [1.54, 1.807) is 36.4 Å². The Morgan fingerprint density at radius 1 is 1.00 bits per heavy atom. The zero-order valence-corrected chi connectivity index (χ0v) is 14.0. The number of phenolic OH excluding ortho intramolecular Hbond substituents is 1.